The van der Waals surface area contributed by atoms with Crippen LogP contribution in [0.4, 0.5) is 20.4 Å². The standard InChI is InChI=1S/C26H25F2N9O3/c1-14-4-6-38-26-17(11-32-36(26)2)24-30-5-3-22(34-24)33-23-8-20(40-14)16(10-31-23)18-12-37(19-7-15(19)9-29)35-25(18)39-13-21(27)28/h3,5,8,10-12,14-15,19,21H,4,6-7,13H2,1-2H3,(H,30,31,33,34)/t14-,15+,19-/m0/s1. The van der Waals surface area contributed by atoms with E-state index in [-0.39, 0.29) is 23.9 Å². The van der Waals surface area contributed by atoms with Gasteiger partial charge in [-0.15, -0.1) is 5.10 Å². The third-order valence-corrected chi connectivity index (χ3v) is 6.59. The van der Waals surface area contributed by atoms with Gasteiger partial charge in [0.15, 0.2) is 12.4 Å². The molecule has 6 rings (SSSR count). The Morgan fingerprint density at radius 3 is 2.90 bits per heavy atom. The van der Waals surface area contributed by atoms with E-state index in [0.717, 1.165) is 0 Å². The van der Waals surface area contributed by atoms with Crippen molar-refractivity contribution < 1.29 is 23.0 Å². The fourth-order valence-electron chi connectivity index (χ4n) is 4.43. The van der Waals surface area contributed by atoms with Gasteiger partial charge in [0.25, 0.3) is 6.43 Å². The quantitative estimate of drug-likeness (QED) is 0.386. The maximum atomic E-state index is 13.0. The van der Waals surface area contributed by atoms with E-state index >= 15 is 0 Å². The van der Waals surface area contributed by atoms with Crippen molar-refractivity contribution in [2.24, 2.45) is 13.0 Å². The summed E-state index contributed by atoms with van der Waals surface area (Å²) in [5.41, 5.74) is 1.60. The highest BCUT2D eigenvalue weighted by Crippen LogP contribution is 2.45. The van der Waals surface area contributed by atoms with Crippen molar-refractivity contribution in [1.29, 1.82) is 5.26 Å². The molecule has 1 N–H and O–H groups in total. The highest BCUT2D eigenvalue weighted by atomic mass is 19.3. The molecule has 0 unspecified atom stereocenters. The Labute approximate surface area is 227 Å². The minimum Gasteiger partial charge on any atom is -0.490 e. The highest BCUT2D eigenvalue weighted by molar-refractivity contribution is 5.75. The van der Waals surface area contributed by atoms with E-state index < -0.39 is 13.0 Å². The largest absolute Gasteiger partial charge is 0.490 e. The summed E-state index contributed by atoms with van der Waals surface area (Å²) in [5, 5.41) is 21.1. The third-order valence-electron chi connectivity index (χ3n) is 6.59. The molecule has 0 spiro atoms. The highest BCUT2D eigenvalue weighted by Gasteiger charge is 2.40. The van der Waals surface area contributed by atoms with Crippen molar-refractivity contribution in [1.82, 2.24) is 34.5 Å². The van der Waals surface area contributed by atoms with Crippen molar-refractivity contribution in [3.05, 3.63) is 36.9 Å². The van der Waals surface area contributed by atoms with Crippen molar-refractivity contribution in [3.8, 4) is 46.1 Å². The van der Waals surface area contributed by atoms with E-state index in [4.69, 9.17) is 14.2 Å². The Morgan fingerprint density at radius 2 is 2.10 bits per heavy atom. The van der Waals surface area contributed by atoms with Gasteiger partial charge in [-0.2, -0.15) is 10.4 Å². The molecule has 0 aromatic carbocycles. The first-order valence-electron chi connectivity index (χ1n) is 12.7. The summed E-state index contributed by atoms with van der Waals surface area (Å²) in [5.74, 6) is 2.17. The second kappa shape index (κ2) is 10.4. The molecule has 1 aliphatic carbocycles. The summed E-state index contributed by atoms with van der Waals surface area (Å²) in [7, 11) is 1.78. The maximum Gasteiger partial charge on any atom is 0.272 e. The Morgan fingerprint density at radius 1 is 1.23 bits per heavy atom. The average Bonchev–Trinajstić information content (AvgIpc) is 3.47. The van der Waals surface area contributed by atoms with Crippen molar-refractivity contribution in [2.75, 3.05) is 18.5 Å². The van der Waals surface area contributed by atoms with Crippen LogP contribution in [0.25, 0.3) is 22.5 Å². The fraction of sp³-hybridized carbons (Fsp3) is 0.385. The summed E-state index contributed by atoms with van der Waals surface area (Å²) < 4.78 is 47.0. The van der Waals surface area contributed by atoms with Crippen LogP contribution >= 0.6 is 0 Å². The van der Waals surface area contributed by atoms with Crippen LogP contribution in [0.15, 0.2) is 36.9 Å². The minimum atomic E-state index is -2.68. The van der Waals surface area contributed by atoms with Gasteiger partial charge in [-0.1, -0.05) is 0 Å². The van der Waals surface area contributed by atoms with E-state index in [0.29, 0.717) is 65.2 Å². The van der Waals surface area contributed by atoms with Crippen LogP contribution in [0.5, 0.6) is 17.5 Å². The van der Waals surface area contributed by atoms with Gasteiger partial charge >= 0.3 is 0 Å². The summed E-state index contributed by atoms with van der Waals surface area (Å²) in [6, 6.07) is 5.48. The van der Waals surface area contributed by atoms with Crippen LogP contribution < -0.4 is 19.5 Å². The molecule has 1 fully saturated rings. The lowest BCUT2D eigenvalue weighted by Gasteiger charge is -2.19. The van der Waals surface area contributed by atoms with Gasteiger partial charge < -0.3 is 19.5 Å². The van der Waals surface area contributed by atoms with E-state index in [9.17, 15) is 14.0 Å². The smallest absolute Gasteiger partial charge is 0.272 e. The Kier molecular flexibility index (Phi) is 6.63. The molecule has 0 radical (unpaired) electrons. The number of nitrogens with one attached hydrogen (secondary N) is 1. The topological polar surface area (TPSA) is 138 Å². The summed E-state index contributed by atoms with van der Waals surface area (Å²) in [4.78, 5) is 13.5. The van der Waals surface area contributed by atoms with Crippen LogP contribution in [-0.2, 0) is 7.05 Å². The number of hydrogen-bond donors (Lipinski definition) is 1. The summed E-state index contributed by atoms with van der Waals surface area (Å²) >= 11 is 0. The molecule has 1 saturated carbocycles. The number of aryl methyl sites for hydroxylation is 1. The van der Waals surface area contributed by atoms with Gasteiger partial charge in [0.2, 0.25) is 11.8 Å². The van der Waals surface area contributed by atoms with Gasteiger partial charge in [-0.3, -0.25) is 4.68 Å². The van der Waals surface area contributed by atoms with Gasteiger partial charge in [0.05, 0.1) is 42.5 Å². The number of nitriles is 1. The molecule has 4 aromatic rings. The molecule has 3 atom stereocenters. The molecule has 12 nitrogen and oxygen atoms in total. The zero-order chi connectivity index (χ0) is 27.8. The maximum absolute atomic E-state index is 13.0. The van der Waals surface area contributed by atoms with Crippen LogP contribution in [0.3, 0.4) is 0 Å². The molecule has 5 heterocycles. The first-order chi connectivity index (χ1) is 19.4. The first kappa shape index (κ1) is 25.5. The number of pyridine rings is 1. The van der Waals surface area contributed by atoms with E-state index in [1.165, 1.54) is 0 Å². The van der Waals surface area contributed by atoms with Crippen molar-refractivity contribution in [3.63, 3.8) is 0 Å². The van der Waals surface area contributed by atoms with Gasteiger partial charge in [0.1, 0.15) is 22.9 Å². The molecule has 40 heavy (non-hydrogen) atoms. The minimum absolute atomic E-state index is 0.0193. The number of ether oxygens (including phenoxy) is 3. The molecular formula is C26H25F2N9O3. The number of fused-ring (bicyclic) bond motifs is 6. The Hall–Kier alpha value is -4.80. The zero-order valence-electron chi connectivity index (χ0n) is 21.7. The van der Waals surface area contributed by atoms with Crippen LogP contribution in [0.2, 0.25) is 0 Å². The molecule has 2 aliphatic rings. The van der Waals surface area contributed by atoms with E-state index in [2.05, 4.69) is 36.5 Å². The number of hydrogen-bond acceptors (Lipinski definition) is 10. The van der Waals surface area contributed by atoms with Crippen molar-refractivity contribution in [2.45, 2.75) is 38.3 Å². The lowest BCUT2D eigenvalue weighted by Crippen LogP contribution is -2.17. The van der Waals surface area contributed by atoms with Crippen molar-refractivity contribution >= 4 is 11.6 Å². The molecule has 4 bridgehead atoms. The van der Waals surface area contributed by atoms with E-state index in [1.54, 1.807) is 53.3 Å². The molecule has 206 valence electrons. The molecular weight excluding hydrogens is 524 g/mol. The first-order valence-corrected chi connectivity index (χ1v) is 12.7. The van der Waals surface area contributed by atoms with Gasteiger partial charge in [-0.05, 0) is 19.4 Å². The molecule has 0 amide bonds. The average molecular weight is 550 g/mol. The fourth-order valence-corrected chi connectivity index (χ4v) is 4.43. The van der Waals surface area contributed by atoms with Crippen LogP contribution in [0.1, 0.15) is 25.8 Å². The van der Waals surface area contributed by atoms with E-state index in [1.807, 2.05) is 6.92 Å². The molecule has 4 aromatic heterocycles. The number of nitrogens with zero attached hydrogens (tertiary/aromatic N) is 8. The number of alkyl halides is 2. The number of rotatable bonds is 5. The molecule has 14 heteroatoms. The molecule has 1 aliphatic heterocycles. The van der Waals surface area contributed by atoms with Crippen LogP contribution in [-0.4, -0.2) is 60.3 Å². The molecule has 0 saturated heterocycles. The zero-order valence-corrected chi connectivity index (χ0v) is 21.7. The second-order valence-electron chi connectivity index (χ2n) is 9.58. The predicted molar refractivity (Wildman–Crippen MR) is 137 cm³/mol. The van der Waals surface area contributed by atoms with Crippen LogP contribution in [0, 0.1) is 17.2 Å². The summed E-state index contributed by atoms with van der Waals surface area (Å²) in [6.45, 7) is 1.41. The number of aromatic nitrogens is 7. The normalized spacial score (nSPS) is 19.9. The Balaban J connectivity index is 1.39. The predicted octanol–water partition coefficient (Wildman–Crippen LogP) is 4.16. The lowest BCUT2D eigenvalue weighted by molar-refractivity contribution is 0.0794. The lowest BCUT2D eigenvalue weighted by atomic mass is 10.1. The Bertz CT molecular complexity index is 1580. The van der Waals surface area contributed by atoms with Gasteiger partial charge in [-0.25, -0.2) is 28.4 Å². The summed E-state index contributed by atoms with van der Waals surface area (Å²) in [6.07, 6.45) is 4.71. The van der Waals surface area contributed by atoms with Gasteiger partial charge in [0, 0.05) is 43.7 Å². The monoisotopic (exact) mass is 549 g/mol. The SMILES string of the molecule is C[C@H]1CCOc2c(cnn2C)-c2nccc(n2)Nc2cc(c(-c3cn([C@H]4C[C@@H]4C#N)nc3OCC(F)F)cn2)O1. The number of halogens is 2. The second-order valence-corrected chi connectivity index (χ2v) is 9.58. The number of anilines is 2. The third kappa shape index (κ3) is 5.09.